The van der Waals surface area contributed by atoms with E-state index in [9.17, 15) is 19.2 Å². The maximum Gasteiger partial charge on any atom is 0.326 e. The molecule has 1 aliphatic carbocycles. The molecule has 1 aliphatic heterocycles. The van der Waals surface area contributed by atoms with Crippen LogP contribution in [0.2, 0.25) is 5.02 Å². The molecule has 1 N–H and O–H groups in total. The second kappa shape index (κ2) is 8.65. The van der Waals surface area contributed by atoms with Crippen LogP contribution in [-0.4, -0.2) is 48.3 Å². The van der Waals surface area contributed by atoms with Crippen molar-refractivity contribution in [1.82, 2.24) is 4.90 Å². The van der Waals surface area contributed by atoms with Gasteiger partial charge in [0.15, 0.2) is 6.10 Å². The van der Waals surface area contributed by atoms with Crippen LogP contribution >= 0.6 is 11.6 Å². The number of nitrogens with one attached hydrogen (secondary N) is 1. The number of benzene rings is 1. The van der Waals surface area contributed by atoms with Gasteiger partial charge in [-0.1, -0.05) is 23.8 Å². The fourth-order valence-corrected chi connectivity index (χ4v) is 3.63. The molecule has 1 fully saturated rings. The summed E-state index contributed by atoms with van der Waals surface area (Å²) < 4.78 is 10.3. The first kappa shape index (κ1) is 20.9. The third-order valence-corrected chi connectivity index (χ3v) is 5.22. The van der Waals surface area contributed by atoms with Crippen molar-refractivity contribution >= 4 is 41.0 Å². The van der Waals surface area contributed by atoms with E-state index in [1.54, 1.807) is 12.1 Å². The van der Waals surface area contributed by atoms with Crippen molar-refractivity contribution in [2.75, 3.05) is 19.0 Å². The quantitative estimate of drug-likeness (QED) is 0.430. The van der Waals surface area contributed by atoms with Gasteiger partial charge < -0.3 is 14.8 Å². The number of rotatable bonds is 6. The first-order valence-corrected chi connectivity index (χ1v) is 9.53. The molecule has 3 unspecified atom stereocenters. The lowest BCUT2D eigenvalue weighted by atomic mass is 9.85. The number of amides is 3. The first-order valence-electron chi connectivity index (χ1n) is 9.16. The van der Waals surface area contributed by atoms with E-state index in [-0.39, 0.29) is 11.8 Å². The highest BCUT2D eigenvalue weighted by molar-refractivity contribution is 6.31. The number of allylic oxidation sites excluding steroid dienone is 2. The van der Waals surface area contributed by atoms with E-state index in [4.69, 9.17) is 21.1 Å². The van der Waals surface area contributed by atoms with E-state index >= 15 is 0 Å². The van der Waals surface area contributed by atoms with E-state index in [2.05, 4.69) is 5.32 Å². The number of nitrogens with zero attached hydrogens (tertiary/aromatic N) is 1. The monoisotopic (exact) mass is 420 g/mol. The van der Waals surface area contributed by atoms with Crippen LogP contribution in [0.15, 0.2) is 30.4 Å². The predicted molar refractivity (Wildman–Crippen MR) is 104 cm³/mol. The van der Waals surface area contributed by atoms with Gasteiger partial charge >= 0.3 is 5.97 Å². The Bertz CT molecular complexity index is 858. The summed E-state index contributed by atoms with van der Waals surface area (Å²) in [6.45, 7) is 0.879. The second-order valence-electron chi connectivity index (χ2n) is 6.88. The number of fused-ring (bicyclic) bond motifs is 1. The summed E-state index contributed by atoms with van der Waals surface area (Å²) in [5, 5.41) is 2.97. The molecule has 0 saturated carbocycles. The van der Waals surface area contributed by atoms with Crippen LogP contribution in [0, 0.1) is 11.8 Å². The van der Waals surface area contributed by atoms with Crippen molar-refractivity contribution in [2.24, 2.45) is 11.8 Å². The smallest absolute Gasteiger partial charge is 0.326 e. The van der Waals surface area contributed by atoms with Crippen molar-refractivity contribution in [2.45, 2.75) is 25.9 Å². The molecule has 8 nitrogen and oxygen atoms in total. The minimum Gasteiger partial charge on any atom is -0.495 e. The molecule has 0 bridgehead atoms. The number of esters is 1. The molecule has 3 rings (SSSR count). The highest BCUT2D eigenvalue weighted by atomic mass is 35.5. The van der Waals surface area contributed by atoms with E-state index < -0.39 is 36.4 Å². The van der Waals surface area contributed by atoms with Gasteiger partial charge in [-0.25, -0.2) is 0 Å². The molecule has 2 aliphatic rings. The molecular weight excluding hydrogens is 400 g/mol. The Labute approximate surface area is 172 Å². The van der Waals surface area contributed by atoms with Crippen LogP contribution < -0.4 is 10.1 Å². The lowest BCUT2D eigenvalue weighted by Crippen LogP contribution is -2.39. The van der Waals surface area contributed by atoms with Crippen LogP contribution in [-0.2, 0) is 23.9 Å². The fraction of sp³-hybridized carbons (Fsp3) is 0.400. The third-order valence-electron chi connectivity index (χ3n) is 4.98. The molecule has 3 atom stereocenters. The number of ether oxygens (including phenoxy) is 2. The van der Waals surface area contributed by atoms with Crippen molar-refractivity contribution in [3.63, 3.8) is 0 Å². The van der Waals surface area contributed by atoms with Crippen LogP contribution in [0.3, 0.4) is 0 Å². The molecule has 3 amide bonds. The topological polar surface area (TPSA) is 102 Å². The number of methoxy groups -OCH3 is 1. The predicted octanol–water partition coefficient (Wildman–Crippen LogP) is 2.17. The fourth-order valence-electron chi connectivity index (χ4n) is 3.45. The van der Waals surface area contributed by atoms with Crippen LogP contribution in [0.4, 0.5) is 5.69 Å². The van der Waals surface area contributed by atoms with Gasteiger partial charge in [-0.2, -0.15) is 0 Å². The maximum absolute atomic E-state index is 12.4. The van der Waals surface area contributed by atoms with Crippen molar-refractivity contribution < 1.29 is 28.7 Å². The summed E-state index contributed by atoms with van der Waals surface area (Å²) in [5.41, 5.74) is 0.328. The Balaban J connectivity index is 1.58. The molecule has 0 spiro atoms. The van der Waals surface area contributed by atoms with E-state index in [1.807, 2.05) is 12.2 Å². The minimum atomic E-state index is -1.15. The average molecular weight is 421 g/mol. The Morgan fingerprint density at radius 3 is 2.41 bits per heavy atom. The van der Waals surface area contributed by atoms with Gasteiger partial charge in [-0.05, 0) is 38.0 Å². The lowest BCUT2D eigenvalue weighted by molar-refractivity contribution is -0.158. The number of carbonyl (C=O) groups excluding carboxylic acids is 4. The number of anilines is 1. The molecule has 29 heavy (non-hydrogen) atoms. The standard InChI is InChI=1S/C20H21ClN2O6/c1-11(18(25)22-15-9-12(21)7-8-16(15)28-2)29-17(24)10-23-19(26)13-5-3-4-6-14(13)20(23)27/h3-4,7-9,11,13-14H,5-6,10H2,1-2H3,(H,22,25). The third kappa shape index (κ3) is 4.42. The van der Waals surface area contributed by atoms with Gasteiger partial charge in [0, 0.05) is 5.02 Å². The van der Waals surface area contributed by atoms with Gasteiger partial charge in [0.2, 0.25) is 11.8 Å². The number of imide groups is 1. The summed E-state index contributed by atoms with van der Waals surface area (Å²) in [6.07, 6.45) is 3.56. The summed E-state index contributed by atoms with van der Waals surface area (Å²) in [7, 11) is 1.44. The van der Waals surface area contributed by atoms with Crippen LogP contribution in [0.5, 0.6) is 5.75 Å². The zero-order valence-corrected chi connectivity index (χ0v) is 16.8. The highest BCUT2D eigenvalue weighted by Gasteiger charge is 2.47. The summed E-state index contributed by atoms with van der Waals surface area (Å²) in [4.78, 5) is 50.3. The van der Waals surface area contributed by atoms with Gasteiger partial charge in [0.25, 0.3) is 5.91 Å². The number of carbonyl (C=O) groups is 4. The molecule has 1 heterocycles. The lowest BCUT2D eigenvalue weighted by Gasteiger charge is -2.18. The zero-order valence-electron chi connectivity index (χ0n) is 16.0. The molecule has 154 valence electrons. The summed E-state index contributed by atoms with van der Waals surface area (Å²) in [5.74, 6) is -2.63. The van der Waals surface area contributed by atoms with Crippen molar-refractivity contribution in [3.05, 3.63) is 35.4 Å². The normalized spacial score (nSPS) is 21.6. The van der Waals surface area contributed by atoms with Crippen LogP contribution in [0.25, 0.3) is 0 Å². The number of halogens is 1. The van der Waals surface area contributed by atoms with Crippen molar-refractivity contribution in [3.8, 4) is 5.75 Å². The Hall–Kier alpha value is -2.87. The number of likely N-dealkylation sites (tertiary alicyclic amines) is 1. The van der Waals surface area contributed by atoms with Crippen LogP contribution in [0.1, 0.15) is 19.8 Å². The molecule has 1 saturated heterocycles. The molecule has 9 heteroatoms. The number of hydrogen-bond acceptors (Lipinski definition) is 6. The Morgan fingerprint density at radius 1 is 1.21 bits per heavy atom. The summed E-state index contributed by atoms with van der Waals surface area (Å²) >= 11 is 5.93. The SMILES string of the molecule is COc1ccc(Cl)cc1NC(=O)C(C)OC(=O)CN1C(=O)C2CC=CCC2C1=O. The number of hydrogen-bond donors (Lipinski definition) is 1. The van der Waals surface area contributed by atoms with E-state index in [0.29, 0.717) is 29.3 Å². The average Bonchev–Trinajstić information content (AvgIpc) is 2.93. The minimum absolute atomic E-state index is 0.328. The molecule has 1 aromatic carbocycles. The first-order chi connectivity index (χ1) is 13.8. The second-order valence-corrected chi connectivity index (χ2v) is 7.32. The van der Waals surface area contributed by atoms with Gasteiger partial charge in [-0.15, -0.1) is 0 Å². The van der Waals surface area contributed by atoms with E-state index in [0.717, 1.165) is 4.90 Å². The van der Waals surface area contributed by atoms with Gasteiger partial charge in [0.1, 0.15) is 12.3 Å². The van der Waals surface area contributed by atoms with Crippen molar-refractivity contribution in [1.29, 1.82) is 0 Å². The highest BCUT2D eigenvalue weighted by Crippen LogP contribution is 2.35. The molecular formula is C20H21ClN2O6. The zero-order chi connectivity index (χ0) is 21.1. The van der Waals surface area contributed by atoms with E-state index in [1.165, 1.54) is 20.1 Å². The maximum atomic E-state index is 12.4. The van der Waals surface area contributed by atoms with Gasteiger partial charge in [0.05, 0.1) is 24.6 Å². The molecule has 0 radical (unpaired) electrons. The molecule has 0 aromatic heterocycles. The largest absolute Gasteiger partial charge is 0.495 e. The Morgan fingerprint density at radius 2 is 1.83 bits per heavy atom. The Kier molecular flexibility index (Phi) is 6.22. The summed E-state index contributed by atoms with van der Waals surface area (Å²) in [6, 6.07) is 4.70. The molecule has 1 aromatic rings. The van der Waals surface area contributed by atoms with Gasteiger partial charge in [-0.3, -0.25) is 24.1 Å².